The van der Waals surface area contributed by atoms with Gasteiger partial charge < -0.3 is 33.5 Å². The number of hydrogen-bond donors (Lipinski definition) is 2. The Kier molecular flexibility index (Phi) is 6.51. The van der Waals surface area contributed by atoms with E-state index in [1.54, 1.807) is 0 Å². The first-order valence-corrected chi connectivity index (χ1v) is 10.8. The topological polar surface area (TPSA) is 90.9 Å². The zero-order chi connectivity index (χ0) is 20.6. The highest BCUT2D eigenvalue weighted by Gasteiger charge is 2.60. The highest BCUT2D eigenvalue weighted by Crippen LogP contribution is 2.44. The fourth-order valence-electron chi connectivity index (χ4n) is 4.49. The second kappa shape index (κ2) is 8.64. The lowest BCUT2D eigenvalue weighted by Crippen LogP contribution is -2.56. The van der Waals surface area contributed by atoms with Crippen LogP contribution in [0.2, 0.25) is 0 Å². The first-order chi connectivity index (χ1) is 13.7. The molecule has 4 rings (SSSR count). The SMILES string of the molecule is CC1(C)O[C@H]2OC(COCC(O)CNN3CCCCC3)[C@@H]3OC(C)(C)O[C@@H]3[C@H]2O1. The minimum Gasteiger partial charge on any atom is -0.389 e. The van der Waals surface area contributed by atoms with E-state index in [-0.39, 0.29) is 37.6 Å². The highest BCUT2D eigenvalue weighted by molar-refractivity contribution is 5.00. The molecule has 29 heavy (non-hydrogen) atoms. The van der Waals surface area contributed by atoms with Crippen molar-refractivity contribution in [3.63, 3.8) is 0 Å². The van der Waals surface area contributed by atoms with Crippen molar-refractivity contribution in [2.45, 2.75) is 95.3 Å². The third-order valence-corrected chi connectivity index (χ3v) is 5.75. The first-order valence-electron chi connectivity index (χ1n) is 10.8. The van der Waals surface area contributed by atoms with Gasteiger partial charge in [0.2, 0.25) is 0 Å². The van der Waals surface area contributed by atoms with Crippen LogP contribution >= 0.6 is 0 Å². The Morgan fingerprint density at radius 3 is 2.38 bits per heavy atom. The summed E-state index contributed by atoms with van der Waals surface area (Å²) < 4.78 is 36.0. The van der Waals surface area contributed by atoms with Crippen LogP contribution in [0.15, 0.2) is 0 Å². The van der Waals surface area contributed by atoms with Crippen LogP contribution in [0.5, 0.6) is 0 Å². The molecule has 0 saturated carbocycles. The Hall–Kier alpha value is -0.360. The van der Waals surface area contributed by atoms with Gasteiger partial charge in [0.15, 0.2) is 17.9 Å². The van der Waals surface area contributed by atoms with Gasteiger partial charge in [0, 0.05) is 19.6 Å². The molecule has 4 aliphatic heterocycles. The maximum atomic E-state index is 10.2. The summed E-state index contributed by atoms with van der Waals surface area (Å²) in [6.07, 6.45) is 1.26. The predicted molar refractivity (Wildman–Crippen MR) is 103 cm³/mol. The van der Waals surface area contributed by atoms with Crippen molar-refractivity contribution >= 4 is 0 Å². The van der Waals surface area contributed by atoms with Crippen molar-refractivity contribution in [2.24, 2.45) is 0 Å². The number of aliphatic hydroxyl groups is 1. The van der Waals surface area contributed by atoms with E-state index in [1.807, 2.05) is 27.7 Å². The number of hydrogen-bond acceptors (Lipinski definition) is 9. The summed E-state index contributed by atoms with van der Waals surface area (Å²) in [5, 5.41) is 12.4. The number of piperidine rings is 1. The van der Waals surface area contributed by atoms with Gasteiger partial charge in [-0.1, -0.05) is 6.42 Å². The van der Waals surface area contributed by atoms with Gasteiger partial charge >= 0.3 is 0 Å². The van der Waals surface area contributed by atoms with Crippen LogP contribution in [0.4, 0.5) is 0 Å². The van der Waals surface area contributed by atoms with E-state index in [0.29, 0.717) is 6.54 Å². The monoisotopic (exact) mass is 416 g/mol. The molecule has 2 N–H and O–H groups in total. The quantitative estimate of drug-likeness (QED) is 0.624. The van der Waals surface area contributed by atoms with Gasteiger partial charge in [0.25, 0.3) is 0 Å². The summed E-state index contributed by atoms with van der Waals surface area (Å²) in [7, 11) is 0. The van der Waals surface area contributed by atoms with Crippen LogP contribution < -0.4 is 5.43 Å². The number of rotatable bonds is 7. The lowest BCUT2D eigenvalue weighted by Gasteiger charge is -2.37. The van der Waals surface area contributed by atoms with E-state index in [2.05, 4.69) is 10.4 Å². The van der Waals surface area contributed by atoms with E-state index >= 15 is 0 Å². The number of aliphatic hydroxyl groups excluding tert-OH is 1. The second-order valence-corrected chi connectivity index (χ2v) is 9.31. The normalized spacial score (nSPS) is 39.8. The highest BCUT2D eigenvalue weighted by atomic mass is 16.9. The number of hydrazine groups is 1. The third kappa shape index (κ3) is 5.28. The van der Waals surface area contributed by atoms with Crippen LogP contribution in [-0.2, 0) is 28.4 Å². The molecular formula is C20H36N2O7. The molecule has 0 spiro atoms. The molecule has 0 aromatic heterocycles. The Bertz CT molecular complexity index is 555. The molecule has 0 radical (unpaired) electrons. The molecule has 0 amide bonds. The Morgan fingerprint density at radius 2 is 1.62 bits per heavy atom. The smallest absolute Gasteiger partial charge is 0.190 e. The van der Waals surface area contributed by atoms with Gasteiger partial charge in [-0.2, -0.15) is 0 Å². The Labute approximate surface area is 172 Å². The molecular weight excluding hydrogens is 380 g/mol. The molecule has 6 atom stereocenters. The average molecular weight is 417 g/mol. The number of fused-ring (bicyclic) bond motifs is 3. The van der Waals surface area contributed by atoms with Gasteiger partial charge in [0.1, 0.15) is 24.4 Å². The first kappa shape index (κ1) is 21.9. The van der Waals surface area contributed by atoms with Gasteiger partial charge in [-0.15, -0.1) is 0 Å². The largest absolute Gasteiger partial charge is 0.389 e. The predicted octanol–water partition coefficient (Wildman–Crippen LogP) is 0.751. The Morgan fingerprint density at radius 1 is 0.966 bits per heavy atom. The lowest BCUT2D eigenvalue weighted by molar-refractivity contribution is -0.243. The zero-order valence-electron chi connectivity index (χ0n) is 18.0. The standard InChI is InChI=1S/C20H36N2O7/c1-19(2)26-15-14(25-18-17(16(15)27-19)28-20(3,4)29-18)12-24-11-13(23)10-21-22-8-6-5-7-9-22/h13-18,21,23H,5-12H2,1-4H3/t13?,14?,15-,16-,17+,18+/m0/s1. The van der Waals surface area contributed by atoms with Gasteiger partial charge in [0.05, 0.1) is 19.3 Å². The van der Waals surface area contributed by atoms with Gasteiger partial charge in [-0.3, -0.25) is 5.43 Å². The maximum absolute atomic E-state index is 10.2. The Balaban J connectivity index is 1.26. The van der Waals surface area contributed by atoms with Crippen molar-refractivity contribution in [1.29, 1.82) is 0 Å². The van der Waals surface area contributed by atoms with Crippen LogP contribution in [0, 0.1) is 0 Å². The molecule has 0 bridgehead atoms. The molecule has 168 valence electrons. The van der Waals surface area contributed by atoms with Crippen LogP contribution in [0.25, 0.3) is 0 Å². The fourth-order valence-corrected chi connectivity index (χ4v) is 4.49. The summed E-state index contributed by atoms with van der Waals surface area (Å²) >= 11 is 0. The van der Waals surface area contributed by atoms with E-state index in [4.69, 9.17) is 28.4 Å². The average Bonchev–Trinajstić information content (AvgIpc) is 3.15. The van der Waals surface area contributed by atoms with E-state index in [1.165, 1.54) is 19.3 Å². The number of ether oxygens (including phenoxy) is 6. The van der Waals surface area contributed by atoms with Crippen LogP contribution in [0.3, 0.4) is 0 Å². The number of nitrogens with one attached hydrogen (secondary N) is 1. The summed E-state index contributed by atoms with van der Waals surface area (Å²) in [5.41, 5.74) is 3.29. The van der Waals surface area contributed by atoms with Crippen molar-refractivity contribution < 1.29 is 33.5 Å². The summed E-state index contributed by atoms with van der Waals surface area (Å²) in [6.45, 7) is 10.5. The zero-order valence-corrected chi connectivity index (χ0v) is 18.0. The molecule has 9 heteroatoms. The minimum absolute atomic E-state index is 0.222. The molecule has 0 aromatic carbocycles. The van der Waals surface area contributed by atoms with Crippen molar-refractivity contribution in [3.8, 4) is 0 Å². The van der Waals surface area contributed by atoms with Crippen molar-refractivity contribution in [3.05, 3.63) is 0 Å². The van der Waals surface area contributed by atoms with E-state index in [0.717, 1.165) is 13.1 Å². The maximum Gasteiger partial charge on any atom is 0.190 e. The van der Waals surface area contributed by atoms with Crippen LogP contribution in [-0.4, -0.2) is 91.3 Å². The molecule has 2 unspecified atom stereocenters. The molecule has 4 saturated heterocycles. The molecule has 4 aliphatic rings. The fraction of sp³-hybridized carbons (Fsp3) is 1.00. The summed E-state index contributed by atoms with van der Waals surface area (Å²) in [5.74, 6) is -1.46. The molecule has 9 nitrogen and oxygen atoms in total. The van der Waals surface area contributed by atoms with Crippen molar-refractivity contribution in [1.82, 2.24) is 10.4 Å². The third-order valence-electron chi connectivity index (χ3n) is 5.75. The molecule has 4 heterocycles. The summed E-state index contributed by atoms with van der Waals surface area (Å²) in [6, 6.07) is 0. The molecule has 0 aromatic rings. The minimum atomic E-state index is -0.734. The van der Waals surface area contributed by atoms with Crippen molar-refractivity contribution in [2.75, 3.05) is 32.8 Å². The van der Waals surface area contributed by atoms with E-state index in [9.17, 15) is 5.11 Å². The van der Waals surface area contributed by atoms with E-state index < -0.39 is 24.0 Å². The lowest BCUT2D eigenvalue weighted by atomic mass is 9.99. The summed E-state index contributed by atoms with van der Waals surface area (Å²) in [4.78, 5) is 0. The number of nitrogens with zero attached hydrogens (tertiary/aromatic N) is 1. The van der Waals surface area contributed by atoms with Gasteiger partial charge in [-0.25, -0.2) is 5.01 Å². The molecule has 0 aliphatic carbocycles. The van der Waals surface area contributed by atoms with Gasteiger partial charge in [-0.05, 0) is 40.5 Å². The second-order valence-electron chi connectivity index (χ2n) is 9.31. The van der Waals surface area contributed by atoms with Crippen LogP contribution in [0.1, 0.15) is 47.0 Å². The molecule has 4 fully saturated rings.